The first kappa shape index (κ1) is 18.4. The molecular formula is C19H22ClFN2OS. The topological polar surface area (TPSA) is 32.3 Å². The Morgan fingerprint density at radius 1 is 1.24 bits per heavy atom. The van der Waals surface area contributed by atoms with Gasteiger partial charge in [-0.05, 0) is 84.4 Å². The number of nitrogens with zero attached hydrogens (tertiary/aromatic N) is 1. The second-order valence-corrected chi connectivity index (χ2v) is 7.68. The minimum atomic E-state index is -0.308. The Bertz CT molecular complexity index is 714. The van der Waals surface area contributed by atoms with Crippen LogP contribution in [0.5, 0.6) is 0 Å². The first-order valence-electron chi connectivity index (χ1n) is 8.46. The molecule has 134 valence electrons. The number of nitrogens with one attached hydrogen (secondary N) is 1. The summed E-state index contributed by atoms with van der Waals surface area (Å²) in [4.78, 5) is 15.1. The fourth-order valence-corrected chi connectivity index (χ4v) is 4.55. The molecule has 1 spiro atoms. The molecule has 3 nitrogen and oxygen atoms in total. The van der Waals surface area contributed by atoms with E-state index in [9.17, 15) is 9.18 Å². The van der Waals surface area contributed by atoms with E-state index in [-0.39, 0.29) is 29.5 Å². The summed E-state index contributed by atoms with van der Waals surface area (Å²) >= 11 is 1.65. The zero-order chi connectivity index (χ0) is 16.6. The van der Waals surface area contributed by atoms with Crippen molar-refractivity contribution in [2.24, 2.45) is 5.41 Å². The quantitative estimate of drug-likeness (QED) is 0.866. The number of hydrogen-bond acceptors (Lipinski definition) is 3. The van der Waals surface area contributed by atoms with Gasteiger partial charge in [0.2, 0.25) is 0 Å². The molecule has 1 amide bonds. The van der Waals surface area contributed by atoms with E-state index in [2.05, 4.69) is 16.8 Å². The van der Waals surface area contributed by atoms with Crippen LogP contribution in [-0.4, -0.2) is 29.9 Å². The summed E-state index contributed by atoms with van der Waals surface area (Å²) in [6, 6.07) is 8.29. The Labute approximate surface area is 157 Å². The van der Waals surface area contributed by atoms with E-state index in [4.69, 9.17) is 0 Å². The molecule has 1 atom stereocenters. The van der Waals surface area contributed by atoms with Crippen molar-refractivity contribution in [1.29, 1.82) is 0 Å². The van der Waals surface area contributed by atoms with Crippen molar-refractivity contribution in [3.63, 3.8) is 0 Å². The standard InChI is InChI=1S/C19H21FN2OS.ClH/c20-16-3-1-15(2-4-16)18(23)22(12-14-5-10-24-13-14)17-11-19(17)6-8-21-9-7-19;/h1-5,10,13,17,21H,6-9,11-12H2;1H. The number of halogens is 2. The van der Waals surface area contributed by atoms with Crippen LogP contribution in [0, 0.1) is 11.2 Å². The molecule has 1 aromatic carbocycles. The van der Waals surface area contributed by atoms with E-state index >= 15 is 0 Å². The minimum absolute atomic E-state index is 0. The highest BCUT2D eigenvalue weighted by Crippen LogP contribution is 2.56. The predicted molar refractivity (Wildman–Crippen MR) is 101 cm³/mol. The third-order valence-corrected chi connectivity index (χ3v) is 6.14. The van der Waals surface area contributed by atoms with Gasteiger partial charge in [-0.3, -0.25) is 4.79 Å². The van der Waals surface area contributed by atoms with Crippen molar-refractivity contribution >= 4 is 29.7 Å². The lowest BCUT2D eigenvalue weighted by atomic mass is 9.93. The van der Waals surface area contributed by atoms with Gasteiger partial charge in [-0.2, -0.15) is 11.3 Å². The van der Waals surface area contributed by atoms with Crippen LogP contribution in [0.4, 0.5) is 4.39 Å². The Hall–Kier alpha value is -1.43. The summed E-state index contributed by atoms with van der Waals surface area (Å²) in [5, 5.41) is 7.55. The molecule has 0 radical (unpaired) electrons. The lowest BCUT2D eigenvalue weighted by molar-refractivity contribution is 0.0692. The summed E-state index contributed by atoms with van der Waals surface area (Å²) in [6.45, 7) is 2.71. The van der Waals surface area contributed by atoms with Crippen LogP contribution in [0.2, 0.25) is 0 Å². The SMILES string of the molecule is Cl.O=C(c1ccc(F)cc1)N(Cc1ccsc1)C1CC12CCNCC2. The molecule has 1 N–H and O–H groups in total. The molecular weight excluding hydrogens is 359 g/mol. The Kier molecular flexibility index (Phi) is 5.46. The van der Waals surface area contributed by atoms with Crippen molar-refractivity contribution in [1.82, 2.24) is 10.2 Å². The molecule has 1 aromatic heterocycles. The lowest BCUT2D eigenvalue weighted by Gasteiger charge is -2.29. The number of hydrogen-bond donors (Lipinski definition) is 1. The van der Waals surface area contributed by atoms with E-state index in [1.807, 2.05) is 10.3 Å². The van der Waals surface area contributed by atoms with Gasteiger partial charge < -0.3 is 10.2 Å². The molecule has 0 bridgehead atoms. The fourth-order valence-electron chi connectivity index (χ4n) is 3.89. The van der Waals surface area contributed by atoms with Gasteiger partial charge in [0, 0.05) is 18.2 Å². The molecule has 1 saturated heterocycles. The molecule has 2 fully saturated rings. The number of carbonyl (C=O) groups excluding carboxylic acids is 1. The molecule has 2 aliphatic rings. The first-order chi connectivity index (χ1) is 11.7. The Morgan fingerprint density at radius 2 is 1.96 bits per heavy atom. The second kappa shape index (κ2) is 7.44. The van der Waals surface area contributed by atoms with Gasteiger partial charge in [-0.25, -0.2) is 4.39 Å². The van der Waals surface area contributed by atoms with Crippen LogP contribution in [0.3, 0.4) is 0 Å². The van der Waals surface area contributed by atoms with Crippen LogP contribution in [0.25, 0.3) is 0 Å². The van der Waals surface area contributed by atoms with Crippen molar-refractivity contribution in [2.45, 2.75) is 31.8 Å². The number of carbonyl (C=O) groups is 1. The van der Waals surface area contributed by atoms with Crippen molar-refractivity contribution in [3.8, 4) is 0 Å². The third kappa shape index (κ3) is 3.73. The highest BCUT2D eigenvalue weighted by atomic mass is 35.5. The molecule has 6 heteroatoms. The number of rotatable bonds is 4. The van der Waals surface area contributed by atoms with E-state index in [0.717, 1.165) is 32.4 Å². The molecule has 2 aromatic rings. The summed E-state index contributed by atoms with van der Waals surface area (Å²) in [6.07, 6.45) is 3.36. The third-order valence-electron chi connectivity index (χ3n) is 5.41. The highest BCUT2D eigenvalue weighted by Gasteiger charge is 2.57. The predicted octanol–water partition coefficient (Wildman–Crippen LogP) is 4.09. The number of piperidine rings is 1. The summed E-state index contributed by atoms with van der Waals surface area (Å²) < 4.78 is 13.2. The second-order valence-electron chi connectivity index (χ2n) is 6.90. The van der Waals surface area contributed by atoms with Crippen LogP contribution in [-0.2, 0) is 6.54 Å². The van der Waals surface area contributed by atoms with Gasteiger partial charge in [0.05, 0.1) is 0 Å². The van der Waals surface area contributed by atoms with E-state index in [1.54, 1.807) is 23.5 Å². The lowest BCUT2D eigenvalue weighted by Crippen LogP contribution is -2.39. The normalized spacial score (nSPS) is 20.8. The molecule has 1 aliphatic carbocycles. The minimum Gasteiger partial charge on any atom is -0.331 e. The van der Waals surface area contributed by atoms with Gasteiger partial charge in [-0.15, -0.1) is 12.4 Å². The maximum absolute atomic E-state index is 13.2. The number of thiophene rings is 1. The molecule has 4 rings (SSSR count). The molecule has 1 unspecified atom stereocenters. The largest absolute Gasteiger partial charge is 0.331 e. The van der Waals surface area contributed by atoms with Gasteiger partial charge in [-0.1, -0.05) is 0 Å². The fraction of sp³-hybridized carbons (Fsp3) is 0.421. The van der Waals surface area contributed by atoms with Gasteiger partial charge >= 0.3 is 0 Å². The average molecular weight is 381 g/mol. The molecule has 25 heavy (non-hydrogen) atoms. The van der Waals surface area contributed by atoms with Crippen molar-refractivity contribution in [3.05, 3.63) is 58.0 Å². The molecule has 2 heterocycles. The average Bonchev–Trinajstić information content (AvgIpc) is 3.04. The smallest absolute Gasteiger partial charge is 0.254 e. The maximum Gasteiger partial charge on any atom is 0.254 e. The Morgan fingerprint density at radius 3 is 2.60 bits per heavy atom. The van der Waals surface area contributed by atoms with Crippen LogP contribution < -0.4 is 5.32 Å². The molecule has 1 saturated carbocycles. The van der Waals surface area contributed by atoms with Crippen LogP contribution in [0.15, 0.2) is 41.1 Å². The highest BCUT2D eigenvalue weighted by molar-refractivity contribution is 7.07. The summed E-state index contributed by atoms with van der Waals surface area (Å²) in [5.74, 6) is -0.293. The van der Waals surface area contributed by atoms with E-state index in [0.29, 0.717) is 18.2 Å². The van der Waals surface area contributed by atoms with Crippen LogP contribution in [0.1, 0.15) is 35.2 Å². The van der Waals surface area contributed by atoms with E-state index in [1.165, 1.54) is 17.7 Å². The first-order valence-corrected chi connectivity index (χ1v) is 9.41. The number of amides is 1. The van der Waals surface area contributed by atoms with Crippen LogP contribution >= 0.6 is 23.7 Å². The summed E-state index contributed by atoms with van der Waals surface area (Å²) in [7, 11) is 0. The van der Waals surface area contributed by atoms with Crippen molar-refractivity contribution in [2.75, 3.05) is 13.1 Å². The summed E-state index contributed by atoms with van der Waals surface area (Å²) in [5.41, 5.74) is 2.03. The van der Waals surface area contributed by atoms with Gasteiger partial charge in [0.1, 0.15) is 5.82 Å². The Balaban J connectivity index is 0.00000182. The zero-order valence-electron chi connectivity index (χ0n) is 13.9. The van der Waals surface area contributed by atoms with Crippen molar-refractivity contribution < 1.29 is 9.18 Å². The number of benzene rings is 1. The maximum atomic E-state index is 13.2. The zero-order valence-corrected chi connectivity index (χ0v) is 15.5. The van der Waals surface area contributed by atoms with E-state index < -0.39 is 0 Å². The van der Waals surface area contributed by atoms with Gasteiger partial charge in [0.15, 0.2) is 0 Å². The molecule has 1 aliphatic heterocycles. The van der Waals surface area contributed by atoms with Gasteiger partial charge in [0.25, 0.3) is 5.91 Å². The monoisotopic (exact) mass is 380 g/mol.